The van der Waals surface area contributed by atoms with E-state index in [1.54, 1.807) is 0 Å². The summed E-state index contributed by atoms with van der Waals surface area (Å²) >= 11 is 1.40. The second kappa shape index (κ2) is 6.53. The van der Waals surface area contributed by atoms with Gasteiger partial charge in [-0.2, -0.15) is 5.10 Å². The number of H-pyrrole nitrogens is 1. The Bertz CT molecular complexity index is 1030. The van der Waals surface area contributed by atoms with Gasteiger partial charge in [-0.05, 0) is 24.1 Å². The first-order valence-electron chi connectivity index (χ1n) is 8.19. The summed E-state index contributed by atoms with van der Waals surface area (Å²) in [5.41, 5.74) is 4.00. The zero-order valence-corrected chi connectivity index (χ0v) is 14.6. The van der Waals surface area contributed by atoms with Gasteiger partial charge in [-0.3, -0.25) is 9.89 Å². The Morgan fingerprint density at radius 2 is 1.88 bits per heavy atom. The van der Waals surface area contributed by atoms with Crippen LogP contribution in [-0.4, -0.2) is 16.1 Å². The lowest BCUT2D eigenvalue weighted by molar-refractivity contribution is 0.103. The van der Waals surface area contributed by atoms with Crippen LogP contribution in [0, 0.1) is 0 Å². The maximum atomic E-state index is 12.7. The standard InChI is InChI=1S/C20H17N3OS/c1-2-13-8-6-7-11-16(13)21-19(24)17-12-15-18(22-23-20(15)25-17)14-9-4-3-5-10-14/h3-12H,2H2,1H3,(H,21,24)(H,22,23). The van der Waals surface area contributed by atoms with Crippen molar-refractivity contribution in [2.75, 3.05) is 5.32 Å². The highest BCUT2D eigenvalue weighted by molar-refractivity contribution is 7.20. The number of thiophene rings is 1. The highest BCUT2D eigenvalue weighted by Crippen LogP contribution is 2.32. The van der Waals surface area contributed by atoms with Crippen LogP contribution in [0.5, 0.6) is 0 Å². The number of anilines is 1. The number of hydrogen-bond donors (Lipinski definition) is 2. The Morgan fingerprint density at radius 3 is 2.68 bits per heavy atom. The molecular weight excluding hydrogens is 330 g/mol. The molecule has 5 heteroatoms. The molecule has 0 unspecified atom stereocenters. The minimum Gasteiger partial charge on any atom is -0.321 e. The maximum absolute atomic E-state index is 12.7. The van der Waals surface area contributed by atoms with Gasteiger partial charge < -0.3 is 5.32 Å². The van der Waals surface area contributed by atoms with E-state index in [9.17, 15) is 4.79 Å². The molecule has 2 aromatic heterocycles. The van der Waals surface area contributed by atoms with E-state index in [1.165, 1.54) is 11.3 Å². The molecule has 0 aliphatic carbocycles. The number of para-hydroxylation sites is 1. The lowest BCUT2D eigenvalue weighted by Crippen LogP contribution is -2.11. The first-order valence-corrected chi connectivity index (χ1v) is 9.00. The first kappa shape index (κ1) is 15.6. The molecule has 0 saturated carbocycles. The van der Waals surface area contributed by atoms with Crippen LogP contribution in [0.1, 0.15) is 22.2 Å². The first-order chi connectivity index (χ1) is 12.3. The van der Waals surface area contributed by atoms with E-state index < -0.39 is 0 Å². The number of carbonyl (C=O) groups excluding carboxylic acids is 1. The largest absolute Gasteiger partial charge is 0.321 e. The van der Waals surface area contributed by atoms with Crippen LogP contribution >= 0.6 is 11.3 Å². The van der Waals surface area contributed by atoms with Crippen molar-refractivity contribution in [3.8, 4) is 11.3 Å². The van der Waals surface area contributed by atoms with Crippen LogP contribution in [0.2, 0.25) is 0 Å². The van der Waals surface area contributed by atoms with Crippen molar-refractivity contribution < 1.29 is 4.79 Å². The van der Waals surface area contributed by atoms with Crippen molar-refractivity contribution in [3.05, 3.63) is 71.1 Å². The van der Waals surface area contributed by atoms with E-state index in [-0.39, 0.29) is 5.91 Å². The summed E-state index contributed by atoms with van der Waals surface area (Å²) in [7, 11) is 0. The number of aromatic nitrogens is 2. The Morgan fingerprint density at radius 1 is 1.12 bits per heavy atom. The van der Waals surface area contributed by atoms with Crippen LogP contribution in [0.3, 0.4) is 0 Å². The smallest absolute Gasteiger partial charge is 0.265 e. The average molecular weight is 347 g/mol. The average Bonchev–Trinajstić information content (AvgIpc) is 3.23. The SMILES string of the molecule is CCc1ccccc1NC(=O)c1cc2c(-c3ccccc3)[nH]nc2s1. The summed E-state index contributed by atoms with van der Waals surface area (Å²) in [6.45, 7) is 2.08. The number of benzene rings is 2. The molecule has 0 aliphatic rings. The monoisotopic (exact) mass is 347 g/mol. The van der Waals surface area contributed by atoms with Gasteiger partial charge in [0, 0.05) is 16.6 Å². The molecule has 0 spiro atoms. The summed E-state index contributed by atoms with van der Waals surface area (Å²) in [4.78, 5) is 14.2. The summed E-state index contributed by atoms with van der Waals surface area (Å²) in [6, 6.07) is 19.8. The topological polar surface area (TPSA) is 57.8 Å². The van der Waals surface area contributed by atoms with Gasteiger partial charge >= 0.3 is 0 Å². The van der Waals surface area contributed by atoms with Crippen LogP contribution in [0.15, 0.2) is 60.7 Å². The molecule has 0 atom stereocenters. The number of amides is 1. The zero-order chi connectivity index (χ0) is 17.2. The highest BCUT2D eigenvalue weighted by atomic mass is 32.1. The van der Waals surface area contributed by atoms with E-state index in [1.807, 2.05) is 60.7 Å². The summed E-state index contributed by atoms with van der Waals surface area (Å²) in [5.74, 6) is -0.0945. The van der Waals surface area contributed by atoms with Gasteiger partial charge in [0.15, 0.2) is 0 Å². The zero-order valence-electron chi connectivity index (χ0n) is 13.7. The molecule has 25 heavy (non-hydrogen) atoms. The maximum Gasteiger partial charge on any atom is 0.265 e. The Labute approximate surface area is 149 Å². The number of nitrogens with one attached hydrogen (secondary N) is 2. The molecule has 0 fully saturated rings. The van der Waals surface area contributed by atoms with Crippen molar-refractivity contribution in [3.63, 3.8) is 0 Å². The molecule has 1 amide bonds. The van der Waals surface area contributed by atoms with Crippen molar-refractivity contribution in [2.45, 2.75) is 13.3 Å². The number of aromatic amines is 1. The summed E-state index contributed by atoms with van der Waals surface area (Å²) in [6.07, 6.45) is 0.878. The Kier molecular flexibility index (Phi) is 4.07. The van der Waals surface area contributed by atoms with Gasteiger partial charge in [-0.15, -0.1) is 11.3 Å². The van der Waals surface area contributed by atoms with Crippen LogP contribution in [-0.2, 0) is 6.42 Å². The molecule has 4 aromatic rings. The lowest BCUT2D eigenvalue weighted by Gasteiger charge is -2.08. The second-order valence-electron chi connectivity index (χ2n) is 5.76. The normalized spacial score (nSPS) is 10.9. The van der Waals surface area contributed by atoms with Gasteiger partial charge in [-0.1, -0.05) is 55.5 Å². The van der Waals surface area contributed by atoms with E-state index in [4.69, 9.17) is 0 Å². The van der Waals surface area contributed by atoms with Crippen LogP contribution in [0.4, 0.5) is 5.69 Å². The van der Waals surface area contributed by atoms with Crippen molar-refractivity contribution in [1.29, 1.82) is 0 Å². The fourth-order valence-corrected chi connectivity index (χ4v) is 3.77. The van der Waals surface area contributed by atoms with Gasteiger partial charge in [0.1, 0.15) is 4.83 Å². The van der Waals surface area contributed by atoms with Gasteiger partial charge in [-0.25, -0.2) is 0 Å². The lowest BCUT2D eigenvalue weighted by atomic mass is 10.1. The predicted molar refractivity (Wildman–Crippen MR) is 103 cm³/mol. The number of aryl methyl sites for hydroxylation is 1. The molecule has 0 bridgehead atoms. The Hall–Kier alpha value is -2.92. The molecule has 2 aromatic carbocycles. The van der Waals surface area contributed by atoms with Crippen molar-refractivity contribution in [1.82, 2.24) is 10.2 Å². The third kappa shape index (κ3) is 2.94. The van der Waals surface area contributed by atoms with Gasteiger partial charge in [0.05, 0.1) is 10.6 Å². The fraction of sp³-hybridized carbons (Fsp3) is 0.100. The minimum atomic E-state index is -0.0945. The number of rotatable bonds is 4. The van der Waals surface area contributed by atoms with E-state index in [0.717, 1.165) is 39.1 Å². The molecule has 0 aliphatic heterocycles. The van der Waals surface area contributed by atoms with E-state index >= 15 is 0 Å². The molecule has 2 heterocycles. The third-order valence-corrected chi connectivity index (χ3v) is 5.21. The molecule has 4 nitrogen and oxygen atoms in total. The molecule has 4 rings (SSSR count). The number of hydrogen-bond acceptors (Lipinski definition) is 3. The fourth-order valence-electron chi connectivity index (χ4n) is 2.88. The summed E-state index contributed by atoms with van der Waals surface area (Å²) in [5, 5.41) is 11.4. The summed E-state index contributed by atoms with van der Waals surface area (Å²) < 4.78 is 0. The third-order valence-electron chi connectivity index (χ3n) is 4.18. The predicted octanol–water partition coefficient (Wildman–Crippen LogP) is 5.11. The molecule has 0 saturated heterocycles. The van der Waals surface area contributed by atoms with Crippen LogP contribution < -0.4 is 5.32 Å². The van der Waals surface area contributed by atoms with E-state index in [0.29, 0.717) is 4.88 Å². The van der Waals surface area contributed by atoms with Gasteiger partial charge in [0.2, 0.25) is 0 Å². The minimum absolute atomic E-state index is 0.0945. The quantitative estimate of drug-likeness (QED) is 0.539. The molecule has 2 N–H and O–H groups in total. The molecular formula is C20H17N3OS. The molecule has 124 valence electrons. The molecule has 0 radical (unpaired) electrons. The van der Waals surface area contributed by atoms with E-state index in [2.05, 4.69) is 22.4 Å². The van der Waals surface area contributed by atoms with Crippen molar-refractivity contribution in [2.24, 2.45) is 0 Å². The van der Waals surface area contributed by atoms with Crippen molar-refractivity contribution >= 4 is 33.1 Å². The highest BCUT2D eigenvalue weighted by Gasteiger charge is 2.16. The van der Waals surface area contributed by atoms with Gasteiger partial charge in [0.25, 0.3) is 5.91 Å². The number of fused-ring (bicyclic) bond motifs is 1. The number of carbonyl (C=O) groups is 1. The Balaban J connectivity index is 1.66. The van der Waals surface area contributed by atoms with Crippen LogP contribution in [0.25, 0.3) is 21.5 Å². The second-order valence-corrected chi connectivity index (χ2v) is 6.79. The number of nitrogens with zero attached hydrogens (tertiary/aromatic N) is 1.